The third-order valence-electron chi connectivity index (χ3n) is 4.82. The summed E-state index contributed by atoms with van der Waals surface area (Å²) in [5, 5.41) is 0. The number of imidazole rings is 1. The maximum atomic E-state index is 13.7. The van der Waals surface area contributed by atoms with E-state index in [-0.39, 0.29) is 5.82 Å². The van der Waals surface area contributed by atoms with Gasteiger partial charge < -0.3 is 4.57 Å². The monoisotopic (exact) mass is 294 g/mol. The highest BCUT2D eigenvalue weighted by molar-refractivity contribution is 6.16. The topological polar surface area (TPSA) is 17.8 Å². The van der Waals surface area contributed by atoms with Crippen LogP contribution in [0.4, 0.5) is 4.39 Å². The van der Waals surface area contributed by atoms with Crippen molar-refractivity contribution in [3.05, 3.63) is 29.3 Å². The first-order valence-electron chi connectivity index (χ1n) is 7.18. The summed E-state index contributed by atoms with van der Waals surface area (Å²) in [5.41, 5.74) is 2.75. The van der Waals surface area contributed by atoms with Crippen LogP contribution in [0.15, 0.2) is 12.1 Å². The Kier molecular flexibility index (Phi) is 3.28. The highest BCUT2D eigenvalue weighted by Gasteiger charge is 2.46. The minimum atomic E-state index is -0.201. The molecule has 1 aliphatic carbocycles. The number of aryl methyl sites for hydroxylation is 1. The van der Waals surface area contributed by atoms with Crippen molar-refractivity contribution in [1.82, 2.24) is 9.55 Å². The molecular weight excluding hydrogens is 275 g/mol. The fraction of sp³-hybridized carbons (Fsp3) is 0.562. The molecule has 1 heterocycles. The van der Waals surface area contributed by atoms with Gasteiger partial charge in [-0.15, -0.1) is 11.6 Å². The molecule has 0 aliphatic heterocycles. The molecule has 0 atom stereocenters. The van der Waals surface area contributed by atoms with E-state index in [1.165, 1.54) is 18.9 Å². The maximum Gasteiger partial charge on any atom is 0.128 e. The summed E-state index contributed by atoms with van der Waals surface area (Å²) in [4.78, 5) is 4.50. The number of nitrogens with zero attached hydrogens (tertiary/aromatic N) is 2. The smallest absolute Gasteiger partial charge is 0.128 e. The minimum Gasteiger partial charge on any atom is -0.326 e. The van der Waals surface area contributed by atoms with Crippen LogP contribution in [0.1, 0.15) is 38.1 Å². The molecule has 1 saturated carbocycles. The predicted octanol–water partition coefficient (Wildman–Crippen LogP) is 4.66. The first kappa shape index (κ1) is 13.9. The summed E-state index contributed by atoms with van der Waals surface area (Å²) >= 11 is 6.03. The van der Waals surface area contributed by atoms with Crippen molar-refractivity contribution in [1.29, 1.82) is 0 Å². The number of rotatable bonds is 4. The van der Waals surface area contributed by atoms with Crippen LogP contribution >= 0.6 is 11.6 Å². The molecule has 1 aromatic heterocycles. The lowest BCUT2D eigenvalue weighted by molar-refractivity contribution is 0.309. The van der Waals surface area contributed by atoms with Gasteiger partial charge in [-0.3, -0.25) is 0 Å². The van der Waals surface area contributed by atoms with Gasteiger partial charge in [0.25, 0.3) is 0 Å². The molecule has 20 heavy (non-hydrogen) atoms. The van der Waals surface area contributed by atoms with Crippen molar-refractivity contribution in [2.75, 3.05) is 0 Å². The van der Waals surface area contributed by atoms with E-state index in [9.17, 15) is 4.39 Å². The van der Waals surface area contributed by atoms with E-state index in [1.54, 1.807) is 6.92 Å². The molecule has 4 heteroatoms. The third kappa shape index (κ3) is 2.12. The van der Waals surface area contributed by atoms with Crippen LogP contribution in [-0.4, -0.2) is 9.55 Å². The Morgan fingerprint density at radius 2 is 2.10 bits per heavy atom. The van der Waals surface area contributed by atoms with E-state index >= 15 is 0 Å². The molecule has 0 bridgehead atoms. The van der Waals surface area contributed by atoms with E-state index in [0.29, 0.717) is 28.3 Å². The van der Waals surface area contributed by atoms with Gasteiger partial charge in [0.05, 0.1) is 16.9 Å². The summed E-state index contributed by atoms with van der Waals surface area (Å²) in [6.07, 6.45) is 2.51. The van der Waals surface area contributed by atoms with E-state index in [4.69, 9.17) is 11.6 Å². The van der Waals surface area contributed by atoms with Crippen molar-refractivity contribution >= 4 is 22.6 Å². The number of benzene rings is 1. The van der Waals surface area contributed by atoms with Gasteiger partial charge in [0, 0.05) is 12.6 Å². The number of alkyl halides is 1. The quantitative estimate of drug-likeness (QED) is 0.750. The zero-order chi connectivity index (χ0) is 14.5. The molecule has 0 radical (unpaired) electrons. The minimum absolute atomic E-state index is 0.201. The number of hydrogen-bond acceptors (Lipinski definition) is 1. The molecule has 1 fully saturated rings. The Bertz CT molecular complexity index is 656. The highest BCUT2D eigenvalue weighted by atomic mass is 35.5. The van der Waals surface area contributed by atoms with E-state index in [1.807, 2.05) is 6.07 Å². The maximum absolute atomic E-state index is 13.7. The zero-order valence-electron chi connectivity index (χ0n) is 12.2. The van der Waals surface area contributed by atoms with Gasteiger partial charge in [-0.1, -0.05) is 13.8 Å². The predicted molar refractivity (Wildman–Crippen MR) is 80.5 cm³/mol. The number of hydrogen-bond donors (Lipinski definition) is 0. The molecule has 2 aromatic rings. The average Bonchev–Trinajstić information content (AvgIpc) is 3.12. The lowest BCUT2D eigenvalue weighted by Gasteiger charge is -2.21. The molecular formula is C16H20ClFN2. The van der Waals surface area contributed by atoms with E-state index in [0.717, 1.165) is 17.9 Å². The van der Waals surface area contributed by atoms with Crippen LogP contribution < -0.4 is 0 Å². The van der Waals surface area contributed by atoms with Crippen LogP contribution in [0.2, 0.25) is 0 Å². The molecule has 0 unspecified atom stereocenters. The normalized spacial score (nSPS) is 17.1. The Morgan fingerprint density at radius 1 is 1.40 bits per heavy atom. The fourth-order valence-corrected chi connectivity index (χ4v) is 3.18. The van der Waals surface area contributed by atoms with E-state index in [2.05, 4.69) is 23.4 Å². The molecule has 0 amide bonds. The van der Waals surface area contributed by atoms with Gasteiger partial charge in [-0.05, 0) is 42.7 Å². The van der Waals surface area contributed by atoms with Crippen molar-refractivity contribution in [3.8, 4) is 0 Å². The van der Waals surface area contributed by atoms with Gasteiger partial charge >= 0.3 is 0 Å². The lowest BCUT2D eigenvalue weighted by atomic mass is 9.92. The number of fused-ring (bicyclic) bond motifs is 1. The molecule has 108 valence electrons. The van der Waals surface area contributed by atoms with Crippen molar-refractivity contribution < 1.29 is 4.39 Å². The molecule has 3 rings (SSSR count). The Balaban J connectivity index is 2.11. The Labute approximate surface area is 123 Å². The van der Waals surface area contributed by atoms with E-state index < -0.39 is 0 Å². The summed E-state index contributed by atoms with van der Waals surface area (Å²) in [6, 6.07) is 3.41. The first-order chi connectivity index (χ1) is 9.47. The van der Waals surface area contributed by atoms with Crippen molar-refractivity contribution in [2.45, 2.75) is 46.0 Å². The van der Waals surface area contributed by atoms with Crippen LogP contribution in [-0.2, 0) is 12.4 Å². The van der Waals surface area contributed by atoms with Crippen LogP contribution in [0, 0.1) is 24.1 Å². The Hall–Kier alpha value is -1.09. The van der Waals surface area contributed by atoms with Crippen molar-refractivity contribution in [3.63, 3.8) is 0 Å². The van der Waals surface area contributed by atoms with Crippen LogP contribution in [0.5, 0.6) is 0 Å². The number of halogens is 2. The molecule has 1 aliphatic rings. The second-order valence-electron chi connectivity index (χ2n) is 6.35. The third-order valence-corrected chi connectivity index (χ3v) is 5.06. The molecule has 0 N–H and O–H groups in total. The SMILES string of the molecule is Cc1cc2c(cc1F)nc(CCl)n2CC1(C(C)C)CC1. The van der Waals surface area contributed by atoms with Gasteiger partial charge in [0.2, 0.25) is 0 Å². The highest BCUT2D eigenvalue weighted by Crippen LogP contribution is 2.53. The molecule has 0 saturated heterocycles. The number of aromatic nitrogens is 2. The average molecular weight is 295 g/mol. The van der Waals surface area contributed by atoms with Crippen LogP contribution in [0.3, 0.4) is 0 Å². The summed E-state index contributed by atoms with van der Waals surface area (Å²) < 4.78 is 15.9. The van der Waals surface area contributed by atoms with Gasteiger partial charge in [0.15, 0.2) is 0 Å². The van der Waals surface area contributed by atoms with Gasteiger partial charge in [-0.2, -0.15) is 0 Å². The fourth-order valence-electron chi connectivity index (χ4n) is 2.97. The largest absolute Gasteiger partial charge is 0.326 e. The Morgan fingerprint density at radius 3 is 2.65 bits per heavy atom. The van der Waals surface area contributed by atoms with Crippen LogP contribution in [0.25, 0.3) is 11.0 Å². The molecule has 2 nitrogen and oxygen atoms in total. The molecule has 0 spiro atoms. The summed E-state index contributed by atoms with van der Waals surface area (Å²) in [7, 11) is 0. The van der Waals surface area contributed by atoms with Gasteiger partial charge in [0.1, 0.15) is 11.6 Å². The summed E-state index contributed by atoms with van der Waals surface area (Å²) in [5.74, 6) is 1.65. The zero-order valence-corrected chi connectivity index (χ0v) is 13.0. The van der Waals surface area contributed by atoms with Gasteiger partial charge in [-0.25, -0.2) is 9.37 Å². The lowest BCUT2D eigenvalue weighted by Crippen LogP contribution is -2.19. The second kappa shape index (κ2) is 4.73. The second-order valence-corrected chi connectivity index (χ2v) is 6.62. The molecule has 1 aromatic carbocycles. The standard InChI is InChI=1S/C16H20ClFN2/c1-10(2)16(4-5-16)9-20-14-6-11(3)12(18)7-13(14)19-15(20)8-17/h6-7,10H,4-5,8-9H2,1-3H3. The van der Waals surface area contributed by atoms with Crippen molar-refractivity contribution in [2.24, 2.45) is 11.3 Å². The first-order valence-corrected chi connectivity index (χ1v) is 7.71. The summed E-state index contributed by atoms with van der Waals surface area (Å²) in [6.45, 7) is 7.28.